The SMILES string of the molecule is CN=C(NCc1cccc(Cl)c1)N1CCN(C(=O)c2ccco2)CC1.I. The number of nitrogens with zero attached hydrogens (tertiary/aromatic N) is 3. The molecule has 0 aliphatic carbocycles. The normalized spacial score (nSPS) is 14.8. The standard InChI is InChI=1S/C18H21ClN4O2.HI/c1-20-18(21-13-14-4-2-5-15(19)12-14)23-9-7-22(8-10-23)17(24)16-6-3-11-25-16;/h2-6,11-12H,7-10,13H2,1H3,(H,20,21);1H. The average Bonchev–Trinajstić information content (AvgIpc) is 3.17. The molecule has 26 heavy (non-hydrogen) atoms. The second-order valence-electron chi connectivity index (χ2n) is 5.79. The van der Waals surface area contributed by atoms with Crippen molar-refractivity contribution in [2.24, 2.45) is 4.99 Å². The number of piperazine rings is 1. The lowest BCUT2D eigenvalue weighted by atomic mass is 10.2. The lowest BCUT2D eigenvalue weighted by molar-refractivity contribution is 0.0657. The minimum atomic E-state index is -0.0634. The molecule has 1 aromatic heterocycles. The van der Waals surface area contributed by atoms with E-state index in [1.807, 2.05) is 24.3 Å². The first-order valence-electron chi connectivity index (χ1n) is 8.20. The first-order chi connectivity index (χ1) is 12.2. The molecule has 140 valence electrons. The van der Waals surface area contributed by atoms with Crippen molar-refractivity contribution in [1.82, 2.24) is 15.1 Å². The van der Waals surface area contributed by atoms with Crippen LogP contribution in [-0.4, -0.2) is 54.9 Å². The Labute approximate surface area is 175 Å². The fourth-order valence-electron chi connectivity index (χ4n) is 2.84. The highest BCUT2D eigenvalue weighted by molar-refractivity contribution is 14.0. The number of rotatable bonds is 3. The van der Waals surface area contributed by atoms with E-state index in [1.54, 1.807) is 24.1 Å². The van der Waals surface area contributed by atoms with Crippen LogP contribution in [0.25, 0.3) is 0 Å². The summed E-state index contributed by atoms with van der Waals surface area (Å²) in [7, 11) is 1.76. The van der Waals surface area contributed by atoms with Gasteiger partial charge in [0, 0.05) is 44.8 Å². The molecule has 1 N–H and O–H groups in total. The Kier molecular flexibility index (Phi) is 7.77. The summed E-state index contributed by atoms with van der Waals surface area (Å²) in [5.41, 5.74) is 1.10. The van der Waals surface area contributed by atoms with Crippen molar-refractivity contribution in [1.29, 1.82) is 0 Å². The molecule has 1 aliphatic heterocycles. The van der Waals surface area contributed by atoms with E-state index in [1.165, 1.54) is 6.26 Å². The van der Waals surface area contributed by atoms with Crippen LogP contribution in [-0.2, 0) is 6.54 Å². The largest absolute Gasteiger partial charge is 0.459 e. The van der Waals surface area contributed by atoms with Gasteiger partial charge in [0.15, 0.2) is 11.7 Å². The van der Waals surface area contributed by atoms with Crippen LogP contribution in [0.3, 0.4) is 0 Å². The fraction of sp³-hybridized carbons (Fsp3) is 0.333. The zero-order chi connectivity index (χ0) is 17.6. The van der Waals surface area contributed by atoms with Gasteiger partial charge >= 0.3 is 0 Å². The van der Waals surface area contributed by atoms with Crippen LogP contribution in [0.5, 0.6) is 0 Å². The molecule has 1 aliphatic rings. The monoisotopic (exact) mass is 488 g/mol. The Morgan fingerprint density at radius 3 is 2.54 bits per heavy atom. The molecule has 6 nitrogen and oxygen atoms in total. The topological polar surface area (TPSA) is 61.1 Å². The third kappa shape index (κ3) is 5.14. The average molecular weight is 489 g/mol. The first-order valence-corrected chi connectivity index (χ1v) is 8.58. The molecular formula is C18H22ClIN4O2. The zero-order valence-electron chi connectivity index (χ0n) is 14.5. The fourth-order valence-corrected chi connectivity index (χ4v) is 3.05. The lowest BCUT2D eigenvalue weighted by Crippen LogP contribution is -2.53. The zero-order valence-corrected chi connectivity index (χ0v) is 17.6. The van der Waals surface area contributed by atoms with Crippen molar-refractivity contribution in [2.75, 3.05) is 33.2 Å². The third-order valence-electron chi connectivity index (χ3n) is 4.15. The summed E-state index contributed by atoms with van der Waals surface area (Å²) < 4.78 is 5.19. The number of amides is 1. The van der Waals surface area contributed by atoms with E-state index in [0.717, 1.165) is 29.6 Å². The van der Waals surface area contributed by atoms with Crippen LogP contribution in [0.1, 0.15) is 16.1 Å². The maximum absolute atomic E-state index is 12.3. The number of benzene rings is 1. The highest BCUT2D eigenvalue weighted by atomic mass is 127. The maximum atomic E-state index is 12.3. The van der Waals surface area contributed by atoms with Crippen molar-refractivity contribution in [3.63, 3.8) is 0 Å². The summed E-state index contributed by atoms with van der Waals surface area (Å²) in [6, 6.07) is 11.2. The Balaban J connectivity index is 0.00000243. The summed E-state index contributed by atoms with van der Waals surface area (Å²) in [5, 5.41) is 4.07. The summed E-state index contributed by atoms with van der Waals surface area (Å²) in [4.78, 5) is 20.6. The molecule has 0 saturated carbocycles. The molecule has 0 bridgehead atoms. The van der Waals surface area contributed by atoms with Crippen molar-refractivity contribution < 1.29 is 9.21 Å². The van der Waals surface area contributed by atoms with Gasteiger partial charge in [0.1, 0.15) is 0 Å². The molecule has 1 amide bonds. The van der Waals surface area contributed by atoms with Gasteiger partial charge in [0.2, 0.25) is 0 Å². The Bertz CT molecular complexity index is 743. The minimum Gasteiger partial charge on any atom is -0.459 e. The van der Waals surface area contributed by atoms with Gasteiger partial charge in [-0.15, -0.1) is 24.0 Å². The molecule has 0 unspecified atom stereocenters. The number of hydrogen-bond acceptors (Lipinski definition) is 3. The molecule has 8 heteroatoms. The number of halogens is 2. The second-order valence-corrected chi connectivity index (χ2v) is 6.22. The van der Waals surface area contributed by atoms with Gasteiger partial charge in [-0.3, -0.25) is 9.79 Å². The molecule has 1 aromatic carbocycles. The first kappa shape index (κ1) is 20.6. The Morgan fingerprint density at radius 1 is 1.19 bits per heavy atom. The summed E-state index contributed by atoms with van der Waals surface area (Å²) in [6.45, 7) is 3.37. The predicted molar refractivity (Wildman–Crippen MR) is 113 cm³/mol. The third-order valence-corrected chi connectivity index (χ3v) is 4.38. The maximum Gasteiger partial charge on any atom is 0.289 e. The van der Waals surface area contributed by atoms with Gasteiger partial charge in [0.05, 0.1) is 6.26 Å². The van der Waals surface area contributed by atoms with Crippen LogP contribution >= 0.6 is 35.6 Å². The van der Waals surface area contributed by atoms with Crippen LogP contribution in [0.4, 0.5) is 0 Å². The second kappa shape index (κ2) is 9.82. The van der Waals surface area contributed by atoms with Crippen LogP contribution < -0.4 is 5.32 Å². The van der Waals surface area contributed by atoms with Crippen molar-refractivity contribution in [3.05, 3.63) is 59.0 Å². The van der Waals surface area contributed by atoms with Crippen molar-refractivity contribution in [2.45, 2.75) is 6.54 Å². The van der Waals surface area contributed by atoms with E-state index < -0.39 is 0 Å². The number of guanidine groups is 1. The van der Waals surface area contributed by atoms with Gasteiger partial charge in [0.25, 0.3) is 5.91 Å². The Morgan fingerprint density at radius 2 is 1.92 bits per heavy atom. The molecule has 1 saturated heterocycles. The van der Waals surface area contributed by atoms with E-state index in [2.05, 4.69) is 15.2 Å². The van der Waals surface area contributed by atoms with E-state index in [9.17, 15) is 4.79 Å². The van der Waals surface area contributed by atoms with Gasteiger partial charge < -0.3 is 19.5 Å². The van der Waals surface area contributed by atoms with E-state index in [4.69, 9.17) is 16.0 Å². The number of carbonyl (C=O) groups is 1. The molecule has 0 radical (unpaired) electrons. The smallest absolute Gasteiger partial charge is 0.289 e. The molecule has 2 aromatic rings. The van der Waals surface area contributed by atoms with Crippen LogP contribution in [0.15, 0.2) is 52.1 Å². The van der Waals surface area contributed by atoms with Crippen molar-refractivity contribution >= 4 is 47.4 Å². The number of aliphatic imine (C=N–C) groups is 1. The molecule has 0 spiro atoms. The van der Waals surface area contributed by atoms with E-state index in [0.29, 0.717) is 25.4 Å². The summed E-state index contributed by atoms with van der Waals surface area (Å²) >= 11 is 6.02. The summed E-state index contributed by atoms with van der Waals surface area (Å²) in [5.74, 6) is 1.15. The van der Waals surface area contributed by atoms with Gasteiger partial charge in [-0.2, -0.15) is 0 Å². The molecule has 1 fully saturated rings. The van der Waals surface area contributed by atoms with Crippen molar-refractivity contribution in [3.8, 4) is 0 Å². The molecule has 2 heterocycles. The molecular weight excluding hydrogens is 467 g/mol. The molecule has 3 rings (SSSR count). The van der Waals surface area contributed by atoms with E-state index in [-0.39, 0.29) is 29.9 Å². The number of carbonyl (C=O) groups excluding carboxylic acids is 1. The van der Waals surface area contributed by atoms with Crippen LogP contribution in [0, 0.1) is 0 Å². The quantitative estimate of drug-likeness (QED) is 0.410. The summed E-state index contributed by atoms with van der Waals surface area (Å²) in [6.07, 6.45) is 1.52. The number of nitrogens with one attached hydrogen (secondary N) is 1. The number of hydrogen-bond donors (Lipinski definition) is 1. The van der Waals surface area contributed by atoms with Gasteiger partial charge in [-0.05, 0) is 29.8 Å². The Hall–Kier alpha value is -1.74. The highest BCUT2D eigenvalue weighted by Gasteiger charge is 2.25. The predicted octanol–water partition coefficient (Wildman–Crippen LogP) is 3.08. The lowest BCUT2D eigenvalue weighted by Gasteiger charge is -2.36. The van der Waals surface area contributed by atoms with Gasteiger partial charge in [-0.1, -0.05) is 23.7 Å². The van der Waals surface area contributed by atoms with Crippen LogP contribution in [0.2, 0.25) is 5.02 Å². The van der Waals surface area contributed by atoms with E-state index >= 15 is 0 Å². The minimum absolute atomic E-state index is 0. The van der Waals surface area contributed by atoms with Gasteiger partial charge in [-0.25, -0.2) is 0 Å². The highest BCUT2D eigenvalue weighted by Crippen LogP contribution is 2.12. The molecule has 0 atom stereocenters. The number of furan rings is 1.